The number of carbonyl (C=O) groups excluding carboxylic acids is 2. The number of hydrogen-bond donors (Lipinski definition) is 0. The van der Waals surface area contributed by atoms with Gasteiger partial charge < -0.3 is 4.90 Å². The maximum atomic E-state index is 12.6. The van der Waals surface area contributed by atoms with E-state index in [2.05, 4.69) is 17.1 Å². The van der Waals surface area contributed by atoms with Crippen molar-refractivity contribution in [3.63, 3.8) is 0 Å². The van der Waals surface area contributed by atoms with Crippen LogP contribution in [0.2, 0.25) is 5.02 Å². The third kappa shape index (κ3) is 3.92. The normalized spacial score (nSPS) is 15.0. The number of ketones is 1. The van der Waals surface area contributed by atoms with Crippen molar-refractivity contribution in [2.75, 3.05) is 13.1 Å². The third-order valence-electron chi connectivity index (χ3n) is 5.42. The standard InChI is InChI=1S/C23H21ClN2O2/c24-18-7-5-16(6-8-18)15-22(27)23(28)26-13-10-17(11-14-26)19-9-12-25-21-4-2-1-3-20(19)21/h1-9,12,17H,10-11,13-15H2. The van der Waals surface area contributed by atoms with Crippen molar-refractivity contribution in [3.05, 3.63) is 76.9 Å². The highest BCUT2D eigenvalue weighted by Crippen LogP contribution is 2.32. The second-order valence-electron chi connectivity index (χ2n) is 7.21. The molecule has 0 bridgehead atoms. The fourth-order valence-corrected chi connectivity index (χ4v) is 4.03. The highest BCUT2D eigenvalue weighted by molar-refractivity contribution is 6.36. The second kappa shape index (κ2) is 8.11. The molecule has 1 fully saturated rings. The molecular formula is C23H21ClN2O2. The van der Waals surface area contributed by atoms with E-state index in [9.17, 15) is 9.59 Å². The number of hydrogen-bond acceptors (Lipinski definition) is 3. The summed E-state index contributed by atoms with van der Waals surface area (Å²) in [5.41, 5.74) is 3.09. The van der Waals surface area contributed by atoms with Gasteiger partial charge in [-0.2, -0.15) is 0 Å². The van der Waals surface area contributed by atoms with Gasteiger partial charge in [0, 0.05) is 36.1 Å². The lowest BCUT2D eigenvalue weighted by Gasteiger charge is -2.32. The van der Waals surface area contributed by atoms with E-state index in [0.717, 1.165) is 23.9 Å². The predicted octanol–water partition coefficient (Wildman–Crippen LogP) is 4.41. The maximum Gasteiger partial charge on any atom is 0.290 e. The minimum Gasteiger partial charge on any atom is -0.336 e. The first-order valence-corrected chi connectivity index (χ1v) is 9.90. The number of halogens is 1. The zero-order valence-electron chi connectivity index (χ0n) is 15.5. The Morgan fingerprint density at radius 1 is 1.00 bits per heavy atom. The van der Waals surface area contributed by atoms with Crippen LogP contribution in [0.15, 0.2) is 60.8 Å². The van der Waals surface area contributed by atoms with Crippen LogP contribution in [0.3, 0.4) is 0 Å². The quantitative estimate of drug-likeness (QED) is 0.618. The number of rotatable bonds is 4. The van der Waals surface area contributed by atoms with Crippen molar-refractivity contribution in [1.29, 1.82) is 0 Å². The Kier molecular flexibility index (Phi) is 5.40. The first-order chi connectivity index (χ1) is 13.6. The van der Waals surface area contributed by atoms with Crippen molar-refractivity contribution in [2.24, 2.45) is 0 Å². The lowest BCUT2D eigenvalue weighted by Crippen LogP contribution is -2.42. The molecule has 1 aromatic heterocycles. The SMILES string of the molecule is O=C(Cc1ccc(Cl)cc1)C(=O)N1CCC(c2ccnc3ccccc23)CC1. The molecule has 4 rings (SSSR count). The highest BCUT2D eigenvalue weighted by Gasteiger charge is 2.28. The zero-order valence-corrected chi connectivity index (χ0v) is 16.2. The van der Waals surface area contributed by atoms with E-state index in [-0.39, 0.29) is 18.1 Å². The first kappa shape index (κ1) is 18.6. The van der Waals surface area contributed by atoms with Crippen LogP contribution >= 0.6 is 11.6 Å². The predicted molar refractivity (Wildman–Crippen MR) is 110 cm³/mol. The fraction of sp³-hybridized carbons (Fsp3) is 0.261. The topological polar surface area (TPSA) is 50.3 Å². The number of aromatic nitrogens is 1. The summed E-state index contributed by atoms with van der Waals surface area (Å²) < 4.78 is 0. The summed E-state index contributed by atoms with van der Waals surface area (Å²) in [5.74, 6) is -0.369. The number of nitrogens with zero attached hydrogens (tertiary/aromatic N) is 2. The van der Waals surface area contributed by atoms with Gasteiger partial charge in [-0.1, -0.05) is 41.9 Å². The summed E-state index contributed by atoms with van der Waals surface area (Å²) in [6, 6.07) is 17.3. The van der Waals surface area contributed by atoms with Crippen LogP contribution in [0.1, 0.15) is 29.9 Å². The number of fused-ring (bicyclic) bond motifs is 1. The molecule has 0 N–H and O–H groups in total. The van der Waals surface area contributed by atoms with Crippen LogP contribution in [0.25, 0.3) is 10.9 Å². The van der Waals surface area contributed by atoms with Crippen LogP contribution in [0.5, 0.6) is 0 Å². The van der Waals surface area contributed by atoms with Gasteiger partial charge in [-0.05, 0) is 54.2 Å². The highest BCUT2D eigenvalue weighted by atomic mass is 35.5. The second-order valence-corrected chi connectivity index (χ2v) is 7.65. The number of carbonyl (C=O) groups is 2. The monoisotopic (exact) mass is 392 g/mol. The van der Waals surface area contributed by atoms with Gasteiger partial charge in [0.2, 0.25) is 5.78 Å². The maximum absolute atomic E-state index is 12.6. The minimum absolute atomic E-state index is 0.116. The number of Topliss-reactive ketones (excluding diaryl/α,β-unsaturated/α-hetero) is 1. The Hall–Kier alpha value is -2.72. The minimum atomic E-state index is -0.381. The Bertz CT molecular complexity index is 1000. The molecule has 1 saturated heterocycles. The van der Waals surface area contributed by atoms with Gasteiger partial charge in [0.1, 0.15) is 0 Å². The van der Waals surface area contributed by atoms with Gasteiger partial charge in [0.25, 0.3) is 5.91 Å². The number of benzene rings is 2. The van der Waals surface area contributed by atoms with Crippen LogP contribution in [0.4, 0.5) is 0 Å². The molecule has 2 heterocycles. The van der Waals surface area contributed by atoms with Crippen molar-refractivity contribution in [2.45, 2.75) is 25.2 Å². The number of likely N-dealkylation sites (tertiary alicyclic amines) is 1. The molecule has 28 heavy (non-hydrogen) atoms. The Morgan fingerprint density at radius 2 is 1.71 bits per heavy atom. The Morgan fingerprint density at radius 3 is 2.46 bits per heavy atom. The van der Waals surface area contributed by atoms with Gasteiger partial charge in [-0.25, -0.2) is 0 Å². The lowest BCUT2D eigenvalue weighted by molar-refractivity contribution is -0.145. The van der Waals surface area contributed by atoms with Gasteiger partial charge >= 0.3 is 0 Å². The largest absolute Gasteiger partial charge is 0.336 e. The Balaban J connectivity index is 1.40. The van der Waals surface area contributed by atoms with Gasteiger partial charge in [-0.3, -0.25) is 14.6 Å². The molecule has 5 heteroatoms. The molecule has 0 atom stereocenters. The number of piperidine rings is 1. The zero-order chi connectivity index (χ0) is 19.5. The van der Waals surface area contributed by atoms with E-state index in [1.54, 1.807) is 29.2 Å². The molecule has 2 aromatic carbocycles. The van der Waals surface area contributed by atoms with E-state index in [1.807, 2.05) is 24.4 Å². The molecule has 4 nitrogen and oxygen atoms in total. The summed E-state index contributed by atoms with van der Waals surface area (Å²) >= 11 is 5.87. The van der Waals surface area contributed by atoms with Crippen LogP contribution in [-0.2, 0) is 16.0 Å². The van der Waals surface area contributed by atoms with Crippen molar-refractivity contribution in [1.82, 2.24) is 9.88 Å². The van der Waals surface area contributed by atoms with Gasteiger partial charge in [-0.15, -0.1) is 0 Å². The van der Waals surface area contributed by atoms with Crippen LogP contribution in [-0.4, -0.2) is 34.7 Å². The summed E-state index contributed by atoms with van der Waals surface area (Å²) in [5, 5.41) is 1.79. The fourth-order valence-electron chi connectivity index (χ4n) is 3.91. The van der Waals surface area contributed by atoms with Gasteiger partial charge in [0.05, 0.1) is 5.52 Å². The molecule has 0 saturated carbocycles. The Labute approximate surface area is 169 Å². The number of amides is 1. The van der Waals surface area contributed by atoms with Crippen LogP contribution in [0, 0.1) is 0 Å². The average Bonchev–Trinajstić information content (AvgIpc) is 2.74. The number of para-hydroxylation sites is 1. The molecule has 1 aliphatic rings. The average molecular weight is 393 g/mol. The third-order valence-corrected chi connectivity index (χ3v) is 5.67. The molecule has 1 amide bonds. The van der Waals surface area contributed by atoms with Crippen LogP contribution < -0.4 is 0 Å². The van der Waals surface area contributed by atoms with E-state index in [0.29, 0.717) is 24.0 Å². The molecule has 0 spiro atoms. The van der Waals surface area contributed by atoms with Crippen molar-refractivity contribution >= 4 is 34.2 Å². The first-order valence-electron chi connectivity index (χ1n) is 9.52. The molecule has 0 unspecified atom stereocenters. The summed E-state index contributed by atoms with van der Waals surface area (Å²) in [4.78, 5) is 31.1. The van der Waals surface area contributed by atoms with E-state index >= 15 is 0 Å². The van der Waals surface area contributed by atoms with Crippen molar-refractivity contribution < 1.29 is 9.59 Å². The molecule has 142 valence electrons. The molecule has 1 aliphatic heterocycles. The molecule has 3 aromatic rings. The summed E-state index contributed by atoms with van der Waals surface area (Å²) in [6.07, 6.45) is 3.68. The van der Waals surface area contributed by atoms with Gasteiger partial charge in [0.15, 0.2) is 0 Å². The summed E-state index contributed by atoms with van der Waals surface area (Å²) in [7, 11) is 0. The molecule has 0 aliphatic carbocycles. The molecule has 0 radical (unpaired) electrons. The number of pyridine rings is 1. The van der Waals surface area contributed by atoms with E-state index < -0.39 is 0 Å². The van der Waals surface area contributed by atoms with Crippen molar-refractivity contribution in [3.8, 4) is 0 Å². The van der Waals surface area contributed by atoms with E-state index in [4.69, 9.17) is 11.6 Å². The summed E-state index contributed by atoms with van der Waals surface area (Å²) in [6.45, 7) is 1.21. The molecular weight excluding hydrogens is 372 g/mol. The van der Waals surface area contributed by atoms with E-state index in [1.165, 1.54) is 10.9 Å². The smallest absolute Gasteiger partial charge is 0.290 e. The lowest BCUT2D eigenvalue weighted by atomic mass is 9.87.